The summed E-state index contributed by atoms with van der Waals surface area (Å²) in [5.74, 6) is 0.789. The molecule has 166 valence electrons. The maximum absolute atomic E-state index is 13.1. The van der Waals surface area contributed by atoms with E-state index in [1.54, 1.807) is 6.07 Å². The molecule has 1 aliphatic rings. The molecule has 1 fully saturated rings. The van der Waals surface area contributed by atoms with Gasteiger partial charge in [-0.2, -0.15) is 0 Å². The lowest BCUT2D eigenvalue weighted by Gasteiger charge is -2.29. The molecule has 0 radical (unpaired) electrons. The molecule has 1 amide bonds. The molecule has 4 N–H and O–H groups in total. The molecule has 3 heterocycles. The largest absolute Gasteiger partial charge is 0.378 e. The number of aromatic amines is 1. The van der Waals surface area contributed by atoms with Gasteiger partial charge in [0, 0.05) is 48.7 Å². The molecule has 0 aromatic carbocycles. The lowest BCUT2D eigenvalue weighted by molar-refractivity contribution is 0.0950. The Hall–Kier alpha value is -3.20. The molecule has 3 rings (SSSR count). The van der Waals surface area contributed by atoms with Crippen molar-refractivity contribution in [1.82, 2.24) is 15.3 Å². The van der Waals surface area contributed by atoms with Gasteiger partial charge >= 0.3 is 0 Å². The fourth-order valence-corrected chi connectivity index (χ4v) is 3.58. The number of nitrogens with zero attached hydrogens (tertiary/aromatic N) is 2. The number of amides is 1. The minimum absolute atomic E-state index is 0.0795. The molecule has 31 heavy (non-hydrogen) atoms. The Morgan fingerprint density at radius 3 is 2.65 bits per heavy atom. The number of carbonyl (C=O) groups is 1. The molecule has 2 aromatic heterocycles. The highest BCUT2D eigenvalue weighted by Gasteiger charge is 2.21. The van der Waals surface area contributed by atoms with Crippen LogP contribution in [0.1, 0.15) is 46.6 Å². The fraction of sp³-hybridized carbons (Fsp3) is 0.455. The van der Waals surface area contributed by atoms with Crippen molar-refractivity contribution >= 4 is 23.8 Å². The number of aryl methyl sites for hydroxylation is 2. The second-order valence-corrected chi connectivity index (χ2v) is 7.96. The number of anilines is 2. The smallest absolute Gasteiger partial charge is 0.253 e. The number of hydrogen-bond acceptors (Lipinski definition) is 7. The number of morpholine rings is 1. The van der Waals surface area contributed by atoms with Gasteiger partial charge in [-0.3, -0.25) is 9.59 Å². The normalized spacial score (nSPS) is 13.9. The summed E-state index contributed by atoms with van der Waals surface area (Å²) in [4.78, 5) is 34.9. The van der Waals surface area contributed by atoms with Crippen LogP contribution in [-0.4, -0.2) is 54.4 Å². The number of rotatable bonds is 7. The number of aromatic nitrogens is 2. The minimum Gasteiger partial charge on any atom is -0.378 e. The zero-order valence-corrected chi connectivity index (χ0v) is 18.5. The van der Waals surface area contributed by atoms with E-state index in [0.29, 0.717) is 54.6 Å². The molecule has 0 saturated carbocycles. The monoisotopic (exact) mass is 426 g/mol. The molecule has 0 spiro atoms. The number of nitrogens with one attached hydrogen (secondary N) is 4. The minimum atomic E-state index is -0.360. The lowest BCUT2D eigenvalue weighted by Crippen LogP contribution is -2.37. The topological polar surface area (TPSA) is 123 Å². The zero-order valence-electron chi connectivity index (χ0n) is 18.5. The van der Waals surface area contributed by atoms with Crippen molar-refractivity contribution in [2.75, 3.05) is 36.5 Å². The molecular formula is C22H30N6O3. The second-order valence-electron chi connectivity index (χ2n) is 7.96. The van der Waals surface area contributed by atoms with Crippen LogP contribution in [0.15, 0.2) is 16.9 Å². The lowest BCUT2D eigenvalue weighted by atomic mass is 10.1. The Labute approximate surface area is 181 Å². The second kappa shape index (κ2) is 9.74. The number of ether oxygens (including phenoxy) is 1. The highest BCUT2D eigenvalue weighted by molar-refractivity contribution is 6.05. The van der Waals surface area contributed by atoms with E-state index in [1.165, 1.54) is 0 Å². The van der Waals surface area contributed by atoms with Gasteiger partial charge in [0.15, 0.2) is 0 Å². The van der Waals surface area contributed by atoms with Gasteiger partial charge < -0.3 is 30.7 Å². The number of carbonyl (C=O) groups excluding carboxylic acids is 1. The molecule has 0 atom stereocenters. The van der Waals surface area contributed by atoms with Crippen LogP contribution in [0.2, 0.25) is 0 Å². The fourth-order valence-electron chi connectivity index (χ4n) is 3.58. The van der Waals surface area contributed by atoms with E-state index >= 15 is 0 Å². The van der Waals surface area contributed by atoms with Gasteiger partial charge in [-0.05, 0) is 45.4 Å². The third kappa shape index (κ3) is 5.29. The predicted molar refractivity (Wildman–Crippen MR) is 122 cm³/mol. The first-order chi connectivity index (χ1) is 14.8. The van der Waals surface area contributed by atoms with Crippen molar-refractivity contribution in [3.05, 3.63) is 50.4 Å². The maximum Gasteiger partial charge on any atom is 0.253 e. The van der Waals surface area contributed by atoms with Crippen LogP contribution < -0.4 is 21.1 Å². The molecule has 0 bridgehead atoms. The first-order valence-electron chi connectivity index (χ1n) is 10.4. The zero-order chi connectivity index (χ0) is 22.5. The van der Waals surface area contributed by atoms with Crippen molar-refractivity contribution < 1.29 is 9.53 Å². The predicted octanol–water partition coefficient (Wildman–Crippen LogP) is 1.97. The molecule has 9 heteroatoms. The highest BCUT2D eigenvalue weighted by atomic mass is 16.5. The number of pyridine rings is 2. The SMILES string of the molecule is Cc1cc(C)c(CNC(=O)c2cc(N3CCOCC3)nc(NC(C)C)c2C=N)c(=O)[nH]1. The quantitative estimate of drug-likeness (QED) is 0.502. The Morgan fingerprint density at radius 1 is 1.32 bits per heavy atom. The van der Waals surface area contributed by atoms with Crippen molar-refractivity contribution in [1.29, 1.82) is 5.41 Å². The summed E-state index contributed by atoms with van der Waals surface area (Å²) in [6.07, 6.45) is 1.14. The van der Waals surface area contributed by atoms with E-state index in [9.17, 15) is 9.59 Å². The van der Waals surface area contributed by atoms with Gasteiger partial charge in [0.2, 0.25) is 0 Å². The highest BCUT2D eigenvalue weighted by Crippen LogP contribution is 2.24. The van der Waals surface area contributed by atoms with Crippen LogP contribution in [-0.2, 0) is 11.3 Å². The van der Waals surface area contributed by atoms with Crippen LogP contribution in [0.25, 0.3) is 0 Å². The molecular weight excluding hydrogens is 396 g/mol. The van der Waals surface area contributed by atoms with Crippen molar-refractivity contribution in [3.8, 4) is 0 Å². The van der Waals surface area contributed by atoms with Gasteiger partial charge in [-0.25, -0.2) is 4.98 Å². The number of H-pyrrole nitrogens is 1. The summed E-state index contributed by atoms with van der Waals surface area (Å²) < 4.78 is 5.42. The maximum atomic E-state index is 13.1. The van der Waals surface area contributed by atoms with Gasteiger partial charge in [0.1, 0.15) is 11.6 Å². The summed E-state index contributed by atoms with van der Waals surface area (Å²) in [5.41, 5.74) is 2.65. The van der Waals surface area contributed by atoms with Gasteiger partial charge in [-0.1, -0.05) is 0 Å². The summed E-state index contributed by atoms with van der Waals surface area (Å²) in [5, 5.41) is 14.0. The summed E-state index contributed by atoms with van der Waals surface area (Å²) in [6, 6.07) is 3.66. The Kier molecular flexibility index (Phi) is 7.06. The van der Waals surface area contributed by atoms with Crippen molar-refractivity contribution in [3.63, 3.8) is 0 Å². The van der Waals surface area contributed by atoms with Gasteiger partial charge in [0.05, 0.1) is 18.8 Å². The van der Waals surface area contributed by atoms with E-state index < -0.39 is 0 Å². The van der Waals surface area contributed by atoms with E-state index in [2.05, 4.69) is 25.5 Å². The van der Waals surface area contributed by atoms with Crippen LogP contribution in [0, 0.1) is 19.3 Å². The molecule has 1 saturated heterocycles. The van der Waals surface area contributed by atoms with Crippen molar-refractivity contribution in [2.45, 2.75) is 40.3 Å². The molecule has 1 aliphatic heterocycles. The first-order valence-corrected chi connectivity index (χ1v) is 10.4. The van der Waals surface area contributed by atoms with E-state index in [0.717, 1.165) is 17.5 Å². The Balaban J connectivity index is 1.94. The standard InChI is InChI=1S/C22H30N6O3/c1-13(2)25-20-17(11-23)16(10-19(27-20)28-5-7-31-8-6-28)21(29)24-12-18-14(3)9-15(4)26-22(18)30/h9-11,13,23H,5-8,12H2,1-4H3,(H,24,29)(H,25,27)(H,26,30). The van der Waals surface area contributed by atoms with Crippen LogP contribution in [0.4, 0.5) is 11.6 Å². The van der Waals surface area contributed by atoms with Gasteiger partial charge in [0.25, 0.3) is 11.5 Å². The van der Waals surface area contributed by atoms with E-state index in [1.807, 2.05) is 33.8 Å². The third-order valence-electron chi connectivity index (χ3n) is 5.11. The third-order valence-corrected chi connectivity index (χ3v) is 5.11. The van der Waals surface area contributed by atoms with Gasteiger partial charge in [-0.15, -0.1) is 0 Å². The van der Waals surface area contributed by atoms with Crippen molar-refractivity contribution in [2.24, 2.45) is 0 Å². The van der Waals surface area contributed by atoms with Crippen LogP contribution in [0.5, 0.6) is 0 Å². The average molecular weight is 427 g/mol. The van der Waals surface area contributed by atoms with E-state index in [4.69, 9.17) is 10.1 Å². The molecule has 2 aromatic rings. The molecule has 9 nitrogen and oxygen atoms in total. The number of hydrogen-bond donors (Lipinski definition) is 4. The summed E-state index contributed by atoms with van der Waals surface area (Å²) in [6.45, 7) is 10.3. The average Bonchev–Trinajstić information content (AvgIpc) is 2.72. The van der Waals surface area contributed by atoms with Crippen LogP contribution in [0.3, 0.4) is 0 Å². The summed E-state index contributed by atoms with van der Waals surface area (Å²) in [7, 11) is 0. The Morgan fingerprint density at radius 2 is 2.03 bits per heavy atom. The molecule has 0 unspecified atom stereocenters. The Bertz CT molecular complexity index is 1020. The van der Waals surface area contributed by atoms with Crippen LogP contribution >= 0.6 is 0 Å². The van der Waals surface area contributed by atoms with E-state index in [-0.39, 0.29) is 24.1 Å². The molecule has 0 aliphatic carbocycles. The first kappa shape index (κ1) is 22.5. The summed E-state index contributed by atoms with van der Waals surface area (Å²) >= 11 is 0.